The van der Waals surface area contributed by atoms with E-state index in [4.69, 9.17) is 0 Å². The summed E-state index contributed by atoms with van der Waals surface area (Å²) in [6.45, 7) is 6.74. The molecule has 6 nitrogen and oxygen atoms in total. The van der Waals surface area contributed by atoms with Gasteiger partial charge in [-0.3, -0.25) is 14.4 Å². The van der Waals surface area contributed by atoms with Gasteiger partial charge < -0.3 is 15.5 Å². The molecule has 1 aliphatic carbocycles. The lowest BCUT2D eigenvalue weighted by Crippen LogP contribution is -2.45. The van der Waals surface area contributed by atoms with Crippen LogP contribution in [0.15, 0.2) is 33.9 Å². The summed E-state index contributed by atoms with van der Waals surface area (Å²) in [5, 5.41) is 6.34. The molecule has 2 aromatic carbocycles. The molecular weight excluding hydrogens is 402 g/mol. The van der Waals surface area contributed by atoms with Crippen LogP contribution in [0.1, 0.15) is 57.9 Å². The first-order chi connectivity index (χ1) is 15.5. The zero-order valence-corrected chi connectivity index (χ0v) is 19.3. The summed E-state index contributed by atoms with van der Waals surface area (Å²) in [5.74, 6) is 1.23. The van der Waals surface area contributed by atoms with Crippen LogP contribution in [0.25, 0.3) is 0 Å². The molecule has 0 unspecified atom stereocenters. The summed E-state index contributed by atoms with van der Waals surface area (Å²) in [6, 6.07) is 8.05. The number of nitrogens with one attached hydrogen (secondary N) is 2. The Morgan fingerprint density at radius 2 is 1.62 bits per heavy atom. The molecule has 1 amide bonds. The Labute approximate surface area is 190 Å². The number of benzene rings is 1. The van der Waals surface area contributed by atoms with E-state index in [9.17, 15) is 14.4 Å². The van der Waals surface area contributed by atoms with Gasteiger partial charge >= 0.3 is 0 Å². The zero-order chi connectivity index (χ0) is 22.7. The number of carbonyl (C=O) groups is 1. The van der Waals surface area contributed by atoms with Crippen molar-refractivity contribution >= 4 is 23.0 Å². The first-order valence-electron chi connectivity index (χ1n) is 12.2. The Bertz CT molecular complexity index is 991. The Hall–Kier alpha value is -2.63. The molecule has 2 aromatic rings. The van der Waals surface area contributed by atoms with Gasteiger partial charge in [0.05, 0.1) is 0 Å². The molecule has 2 fully saturated rings. The molecule has 2 N–H and O–H groups in total. The Kier molecular flexibility index (Phi) is 6.97. The molecule has 1 aliphatic heterocycles. The number of piperidine rings is 1. The minimum atomic E-state index is -0.374. The van der Waals surface area contributed by atoms with Crippen molar-refractivity contribution in [2.45, 2.75) is 58.8 Å². The molecule has 4 rings (SSSR count). The third-order valence-corrected chi connectivity index (χ3v) is 7.40. The third kappa shape index (κ3) is 4.89. The number of aryl methyl sites for hydroxylation is 1. The molecule has 6 heteroatoms. The van der Waals surface area contributed by atoms with Crippen LogP contribution in [0.3, 0.4) is 0 Å². The largest absolute Gasteiger partial charge is 0.380 e. The molecule has 1 saturated carbocycles. The second-order valence-electron chi connectivity index (χ2n) is 9.69. The van der Waals surface area contributed by atoms with E-state index >= 15 is 0 Å². The maximum absolute atomic E-state index is 12.6. The zero-order valence-electron chi connectivity index (χ0n) is 19.3. The standard InChI is InChI=1S/C26H35N3O3/c1-3-18-6-10-21(11-7-18)28-26(32)20-8-4-19(5-9-20)16-27-22-23(25(31)24(22)30)29-14-12-17(2)13-15-29/h6-7,10-11,17,19-20,27H,3-5,8-9,12-16H2,1-2H3,(H,28,32). The molecule has 172 valence electrons. The van der Waals surface area contributed by atoms with E-state index in [0.29, 0.717) is 29.8 Å². The maximum Gasteiger partial charge on any atom is 0.253 e. The first kappa shape index (κ1) is 22.6. The van der Waals surface area contributed by atoms with Gasteiger partial charge in [-0.05, 0) is 74.5 Å². The van der Waals surface area contributed by atoms with E-state index in [0.717, 1.165) is 63.7 Å². The number of nitrogens with zero attached hydrogens (tertiary/aromatic N) is 1. The van der Waals surface area contributed by atoms with Crippen LogP contribution >= 0.6 is 0 Å². The van der Waals surface area contributed by atoms with Crippen molar-refractivity contribution in [3.63, 3.8) is 0 Å². The molecule has 1 saturated heterocycles. The Balaban J connectivity index is 1.25. The molecule has 1 heterocycles. The first-order valence-corrected chi connectivity index (χ1v) is 12.2. The normalized spacial score (nSPS) is 22.1. The second-order valence-corrected chi connectivity index (χ2v) is 9.69. The summed E-state index contributed by atoms with van der Waals surface area (Å²) < 4.78 is 0. The SMILES string of the molecule is CCc1ccc(NC(=O)C2CCC(CNc3c(N4CCC(C)CC4)c(=O)c3=O)CC2)cc1. The highest BCUT2D eigenvalue weighted by atomic mass is 16.2. The van der Waals surface area contributed by atoms with Crippen molar-refractivity contribution in [2.75, 3.05) is 35.2 Å². The molecule has 0 spiro atoms. The highest BCUT2D eigenvalue weighted by Gasteiger charge is 2.30. The molecule has 0 aromatic heterocycles. The summed E-state index contributed by atoms with van der Waals surface area (Å²) in [6.07, 6.45) is 6.72. The number of hydrogen-bond acceptors (Lipinski definition) is 5. The van der Waals surface area contributed by atoms with Crippen molar-refractivity contribution < 1.29 is 4.79 Å². The van der Waals surface area contributed by atoms with E-state index in [1.807, 2.05) is 12.1 Å². The number of rotatable bonds is 7. The van der Waals surface area contributed by atoms with Crippen LogP contribution in [0.5, 0.6) is 0 Å². The van der Waals surface area contributed by atoms with Gasteiger partial charge in [0.25, 0.3) is 10.9 Å². The van der Waals surface area contributed by atoms with Gasteiger partial charge in [0.1, 0.15) is 11.4 Å². The summed E-state index contributed by atoms with van der Waals surface area (Å²) in [4.78, 5) is 39.1. The molecular formula is C26H35N3O3. The monoisotopic (exact) mass is 437 g/mol. The lowest BCUT2D eigenvalue weighted by atomic mass is 9.81. The molecule has 0 radical (unpaired) electrons. The maximum atomic E-state index is 12.6. The average molecular weight is 438 g/mol. The molecule has 0 atom stereocenters. The predicted molar refractivity (Wildman–Crippen MR) is 130 cm³/mol. The van der Waals surface area contributed by atoms with Crippen molar-refractivity contribution in [2.24, 2.45) is 17.8 Å². The van der Waals surface area contributed by atoms with E-state index in [1.165, 1.54) is 5.56 Å². The van der Waals surface area contributed by atoms with Gasteiger partial charge in [0, 0.05) is 31.2 Å². The van der Waals surface area contributed by atoms with Crippen LogP contribution in [-0.2, 0) is 11.2 Å². The fourth-order valence-electron chi connectivity index (χ4n) is 5.02. The summed E-state index contributed by atoms with van der Waals surface area (Å²) >= 11 is 0. The van der Waals surface area contributed by atoms with Crippen LogP contribution in [-0.4, -0.2) is 25.5 Å². The van der Waals surface area contributed by atoms with Crippen LogP contribution in [0, 0.1) is 17.8 Å². The van der Waals surface area contributed by atoms with Crippen molar-refractivity contribution in [3.05, 3.63) is 50.3 Å². The quantitative estimate of drug-likeness (QED) is 0.642. The number of amides is 1. The van der Waals surface area contributed by atoms with E-state index in [-0.39, 0.29) is 22.7 Å². The van der Waals surface area contributed by atoms with Gasteiger partial charge in [-0.25, -0.2) is 0 Å². The molecule has 32 heavy (non-hydrogen) atoms. The smallest absolute Gasteiger partial charge is 0.253 e. The highest BCUT2D eigenvalue weighted by Crippen LogP contribution is 2.31. The predicted octanol–water partition coefficient (Wildman–Crippen LogP) is 3.94. The molecule has 2 aliphatic rings. The summed E-state index contributed by atoms with van der Waals surface area (Å²) in [7, 11) is 0. The fourth-order valence-corrected chi connectivity index (χ4v) is 5.02. The van der Waals surface area contributed by atoms with Crippen LogP contribution in [0.4, 0.5) is 17.1 Å². The van der Waals surface area contributed by atoms with Gasteiger partial charge in [0.2, 0.25) is 5.91 Å². The second kappa shape index (κ2) is 9.88. The Morgan fingerprint density at radius 3 is 2.25 bits per heavy atom. The van der Waals surface area contributed by atoms with Gasteiger partial charge in [-0.15, -0.1) is 0 Å². The highest BCUT2D eigenvalue weighted by molar-refractivity contribution is 5.92. The Morgan fingerprint density at radius 1 is 0.969 bits per heavy atom. The topological polar surface area (TPSA) is 78.5 Å². The number of hydrogen-bond donors (Lipinski definition) is 2. The third-order valence-electron chi connectivity index (χ3n) is 7.40. The average Bonchev–Trinajstić information content (AvgIpc) is 2.83. The fraction of sp³-hybridized carbons (Fsp3) is 0.577. The lowest BCUT2D eigenvalue weighted by Gasteiger charge is -2.34. The van der Waals surface area contributed by atoms with Crippen molar-refractivity contribution in [1.29, 1.82) is 0 Å². The summed E-state index contributed by atoms with van der Waals surface area (Å²) in [5.41, 5.74) is 2.52. The minimum Gasteiger partial charge on any atom is -0.380 e. The van der Waals surface area contributed by atoms with Gasteiger partial charge in [-0.2, -0.15) is 0 Å². The van der Waals surface area contributed by atoms with E-state index in [1.54, 1.807) is 0 Å². The van der Waals surface area contributed by atoms with E-state index < -0.39 is 0 Å². The van der Waals surface area contributed by atoms with E-state index in [2.05, 4.69) is 41.5 Å². The number of anilines is 3. The van der Waals surface area contributed by atoms with Gasteiger partial charge in [0.15, 0.2) is 0 Å². The molecule has 0 bridgehead atoms. The van der Waals surface area contributed by atoms with Crippen molar-refractivity contribution in [3.8, 4) is 0 Å². The van der Waals surface area contributed by atoms with Crippen molar-refractivity contribution in [1.82, 2.24) is 0 Å². The van der Waals surface area contributed by atoms with Crippen LogP contribution in [0.2, 0.25) is 0 Å². The minimum absolute atomic E-state index is 0.0362. The van der Waals surface area contributed by atoms with Gasteiger partial charge in [-0.1, -0.05) is 26.0 Å². The van der Waals surface area contributed by atoms with Crippen LogP contribution < -0.4 is 26.4 Å². The number of carbonyl (C=O) groups excluding carboxylic acids is 1. The lowest BCUT2D eigenvalue weighted by molar-refractivity contribution is -0.121.